The van der Waals surface area contributed by atoms with Crippen molar-refractivity contribution < 1.29 is 9.84 Å². The molecule has 0 heterocycles. The average molecular weight is 223 g/mol. The third-order valence-electron chi connectivity index (χ3n) is 2.92. The number of nitrogens with zero attached hydrogens (tertiary/aromatic N) is 1. The van der Waals surface area contributed by atoms with E-state index in [1.165, 1.54) is 0 Å². The third-order valence-corrected chi connectivity index (χ3v) is 2.92. The molecule has 0 bridgehead atoms. The van der Waals surface area contributed by atoms with Crippen molar-refractivity contribution >= 4 is 0 Å². The number of rotatable bonds is 6. The van der Waals surface area contributed by atoms with Crippen LogP contribution in [0.25, 0.3) is 0 Å². The first-order chi connectivity index (χ1) is 7.70. The number of para-hydroxylation sites is 1. The second-order valence-electron chi connectivity index (χ2n) is 3.86. The number of hydrogen-bond donors (Lipinski definition) is 1. The molecule has 1 atom stereocenters. The van der Waals surface area contributed by atoms with Crippen LogP contribution in [0.3, 0.4) is 0 Å². The normalized spacial score (nSPS) is 13.0. The predicted octanol–water partition coefficient (Wildman–Crippen LogP) is 2.42. The van der Waals surface area contributed by atoms with Crippen molar-refractivity contribution in [3.8, 4) is 5.75 Å². The number of aromatic hydroxyl groups is 1. The van der Waals surface area contributed by atoms with Crippen LogP contribution in [-0.4, -0.2) is 36.8 Å². The Labute approximate surface area is 97.7 Å². The molecule has 16 heavy (non-hydrogen) atoms. The summed E-state index contributed by atoms with van der Waals surface area (Å²) in [6, 6.07) is 7.71. The summed E-state index contributed by atoms with van der Waals surface area (Å²) in [7, 11) is 1.71. The molecule has 1 aromatic carbocycles. The summed E-state index contributed by atoms with van der Waals surface area (Å²) in [4.78, 5) is 2.28. The van der Waals surface area contributed by atoms with Gasteiger partial charge >= 0.3 is 0 Å². The average Bonchev–Trinajstić information content (AvgIpc) is 2.30. The first kappa shape index (κ1) is 13.0. The van der Waals surface area contributed by atoms with E-state index in [1.54, 1.807) is 13.2 Å². The van der Waals surface area contributed by atoms with E-state index in [2.05, 4.69) is 18.7 Å². The Balaban J connectivity index is 2.74. The zero-order chi connectivity index (χ0) is 12.0. The van der Waals surface area contributed by atoms with Crippen molar-refractivity contribution in [3.63, 3.8) is 0 Å². The number of benzene rings is 1. The quantitative estimate of drug-likeness (QED) is 0.804. The Hall–Kier alpha value is -1.06. The van der Waals surface area contributed by atoms with Crippen molar-refractivity contribution in [1.82, 2.24) is 4.90 Å². The van der Waals surface area contributed by atoms with E-state index < -0.39 is 0 Å². The maximum atomic E-state index is 9.79. The summed E-state index contributed by atoms with van der Waals surface area (Å²) >= 11 is 0. The zero-order valence-corrected chi connectivity index (χ0v) is 10.3. The fourth-order valence-electron chi connectivity index (χ4n) is 1.87. The summed E-state index contributed by atoms with van der Waals surface area (Å²) in [5.41, 5.74) is 0.973. The highest BCUT2D eigenvalue weighted by Gasteiger charge is 2.16. The Morgan fingerprint density at radius 3 is 2.62 bits per heavy atom. The molecule has 90 valence electrons. The molecule has 1 rings (SSSR count). The van der Waals surface area contributed by atoms with Crippen LogP contribution in [0.4, 0.5) is 0 Å². The maximum absolute atomic E-state index is 9.79. The molecule has 1 aromatic rings. The molecule has 0 saturated heterocycles. The number of ether oxygens (including phenoxy) is 1. The Kier molecular flexibility index (Phi) is 5.29. The van der Waals surface area contributed by atoms with Gasteiger partial charge in [0.2, 0.25) is 0 Å². The van der Waals surface area contributed by atoms with Gasteiger partial charge in [0.15, 0.2) is 0 Å². The molecular weight excluding hydrogens is 202 g/mol. The standard InChI is InChI=1S/C13H21NO2/c1-4-14(9-10-16-3)11(2)12-7-5-6-8-13(12)15/h5-8,11,15H,4,9-10H2,1-3H3. The van der Waals surface area contributed by atoms with Crippen LogP contribution >= 0.6 is 0 Å². The molecule has 0 amide bonds. The van der Waals surface area contributed by atoms with E-state index >= 15 is 0 Å². The van der Waals surface area contributed by atoms with Crippen LogP contribution in [0, 0.1) is 0 Å². The monoisotopic (exact) mass is 223 g/mol. The Morgan fingerprint density at radius 1 is 1.38 bits per heavy atom. The molecule has 1 N–H and O–H groups in total. The number of hydrogen-bond acceptors (Lipinski definition) is 3. The van der Waals surface area contributed by atoms with E-state index in [0.29, 0.717) is 12.4 Å². The largest absolute Gasteiger partial charge is 0.508 e. The highest BCUT2D eigenvalue weighted by molar-refractivity contribution is 5.34. The molecule has 3 heteroatoms. The molecule has 1 unspecified atom stereocenters. The van der Waals surface area contributed by atoms with Crippen molar-refractivity contribution in [2.45, 2.75) is 19.9 Å². The minimum Gasteiger partial charge on any atom is -0.508 e. The van der Waals surface area contributed by atoms with Gasteiger partial charge in [0.25, 0.3) is 0 Å². The molecule has 0 spiro atoms. The van der Waals surface area contributed by atoms with Crippen molar-refractivity contribution in [1.29, 1.82) is 0 Å². The fourth-order valence-corrected chi connectivity index (χ4v) is 1.87. The van der Waals surface area contributed by atoms with Crippen molar-refractivity contribution in [2.24, 2.45) is 0 Å². The lowest BCUT2D eigenvalue weighted by Gasteiger charge is -2.28. The zero-order valence-electron chi connectivity index (χ0n) is 10.3. The van der Waals surface area contributed by atoms with Crippen LogP contribution in [0.2, 0.25) is 0 Å². The lowest BCUT2D eigenvalue weighted by molar-refractivity contribution is 0.128. The first-order valence-corrected chi connectivity index (χ1v) is 5.71. The lowest BCUT2D eigenvalue weighted by atomic mass is 10.1. The number of methoxy groups -OCH3 is 1. The minimum absolute atomic E-state index is 0.210. The van der Waals surface area contributed by atoms with Gasteiger partial charge in [0.1, 0.15) is 5.75 Å². The highest BCUT2D eigenvalue weighted by atomic mass is 16.5. The van der Waals surface area contributed by atoms with Crippen molar-refractivity contribution in [2.75, 3.05) is 26.8 Å². The summed E-state index contributed by atoms with van der Waals surface area (Å²) in [6.07, 6.45) is 0. The number of phenols is 1. The van der Waals surface area contributed by atoms with Gasteiger partial charge in [0.05, 0.1) is 6.61 Å². The van der Waals surface area contributed by atoms with Gasteiger partial charge in [-0.1, -0.05) is 25.1 Å². The van der Waals surface area contributed by atoms with Gasteiger partial charge in [-0.2, -0.15) is 0 Å². The minimum atomic E-state index is 0.210. The molecule has 0 saturated carbocycles. The Morgan fingerprint density at radius 2 is 2.06 bits per heavy atom. The number of likely N-dealkylation sites (N-methyl/N-ethyl adjacent to an activating group) is 1. The number of phenolic OH excluding ortho intramolecular Hbond substituents is 1. The van der Waals surface area contributed by atoms with Crippen LogP contribution in [-0.2, 0) is 4.74 Å². The first-order valence-electron chi connectivity index (χ1n) is 5.71. The topological polar surface area (TPSA) is 32.7 Å². The molecule has 0 aliphatic carbocycles. The molecule has 3 nitrogen and oxygen atoms in total. The molecule has 0 aliphatic heterocycles. The molecule has 0 aliphatic rings. The van der Waals surface area contributed by atoms with Crippen LogP contribution < -0.4 is 0 Å². The van der Waals surface area contributed by atoms with Crippen LogP contribution in [0.5, 0.6) is 5.75 Å². The lowest BCUT2D eigenvalue weighted by Crippen LogP contribution is -2.30. The van der Waals surface area contributed by atoms with E-state index in [-0.39, 0.29) is 6.04 Å². The van der Waals surface area contributed by atoms with E-state index in [9.17, 15) is 5.11 Å². The van der Waals surface area contributed by atoms with Gasteiger partial charge in [-0.15, -0.1) is 0 Å². The summed E-state index contributed by atoms with van der Waals surface area (Å²) < 4.78 is 5.09. The van der Waals surface area contributed by atoms with Gasteiger partial charge in [-0.3, -0.25) is 4.90 Å². The summed E-state index contributed by atoms with van der Waals surface area (Å²) in [5.74, 6) is 0.367. The third kappa shape index (κ3) is 3.22. The van der Waals surface area contributed by atoms with E-state index in [4.69, 9.17) is 4.74 Å². The van der Waals surface area contributed by atoms with Crippen molar-refractivity contribution in [3.05, 3.63) is 29.8 Å². The molecular formula is C13H21NO2. The van der Waals surface area contributed by atoms with Gasteiger partial charge in [0, 0.05) is 25.3 Å². The second-order valence-corrected chi connectivity index (χ2v) is 3.86. The summed E-state index contributed by atoms with van der Waals surface area (Å²) in [6.45, 7) is 6.76. The van der Waals surface area contributed by atoms with E-state index in [1.807, 2.05) is 18.2 Å². The Bertz CT molecular complexity index is 315. The summed E-state index contributed by atoms with van der Waals surface area (Å²) in [5, 5.41) is 9.79. The predicted molar refractivity (Wildman–Crippen MR) is 65.6 cm³/mol. The van der Waals surface area contributed by atoms with Gasteiger partial charge in [-0.25, -0.2) is 0 Å². The molecule has 0 fully saturated rings. The second kappa shape index (κ2) is 6.51. The van der Waals surface area contributed by atoms with Crippen LogP contribution in [0.15, 0.2) is 24.3 Å². The SMILES string of the molecule is CCN(CCOC)C(C)c1ccccc1O. The van der Waals surface area contributed by atoms with Crippen LogP contribution in [0.1, 0.15) is 25.5 Å². The van der Waals surface area contributed by atoms with Gasteiger partial charge in [-0.05, 0) is 19.5 Å². The fraction of sp³-hybridized carbons (Fsp3) is 0.538. The van der Waals surface area contributed by atoms with E-state index in [0.717, 1.165) is 18.7 Å². The molecule has 0 radical (unpaired) electrons. The smallest absolute Gasteiger partial charge is 0.120 e. The highest BCUT2D eigenvalue weighted by Crippen LogP contribution is 2.27. The maximum Gasteiger partial charge on any atom is 0.120 e. The molecule has 0 aromatic heterocycles. The van der Waals surface area contributed by atoms with Gasteiger partial charge < -0.3 is 9.84 Å².